The standard InChI is InChI=1S/C41H43N3O6S/c1-4-26-42-41(46)39(28-32-12-7-5-8-13-32)43(29-33-14-11-17-37(27-33)49-3)40(45)30-44(51(47,48)38-24-18-31(2)19-25-38)34-20-22-36(23-21-34)50-35-15-9-6-10-16-35/h5-25,27,39H,4,26,28-30H2,1-3H3,(H,42,46)/t39-/m0/s1. The summed E-state index contributed by atoms with van der Waals surface area (Å²) in [6.45, 7) is 3.73. The van der Waals surface area contributed by atoms with Crippen LogP contribution < -0.4 is 19.1 Å². The van der Waals surface area contributed by atoms with Gasteiger partial charge in [-0.1, -0.05) is 85.3 Å². The second-order valence-corrected chi connectivity index (χ2v) is 14.0. The van der Waals surface area contributed by atoms with Crippen LogP contribution in [-0.4, -0.2) is 51.4 Å². The number of para-hydroxylation sites is 1. The van der Waals surface area contributed by atoms with Gasteiger partial charge in [-0.3, -0.25) is 13.9 Å². The van der Waals surface area contributed by atoms with E-state index in [4.69, 9.17) is 9.47 Å². The maximum absolute atomic E-state index is 14.7. The fourth-order valence-electron chi connectivity index (χ4n) is 5.56. The average Bonchev–Trinajstić information content (AvgIpc) is 3.15. The van der Waals surface area contributed by atoms with Gasteiger partial charge in [0.05, 0.1) is 17.7 Å². The van der Waals surface area contributed by atoms with Crippen molar-refractivity contribution >= 4 is 27.5 Å². The summed E-state index contributed by atoms with van der Waals surface area (Å²) >= 11 is 0. The van der Waals surface area contributed by atoms with E-state index in [1.54, 1.807) is 55.6 Å². The van der Waals surface area contributed by atoms with Crippen LogP contribution in [0.15, 0.2) is 138 Å². The number of anilines is 1. The molecule has 51 heavy (non-hydrogen) atoms. The van der Waals surface area contributed by atoms with Crippen molar-refractivity contribution in [2.45, 2.75) is 44.2 Å². The Balaban J connectivity index is 1.56. The van der Waals surface area contributed by atoms with Crippen LogP contribution in [0.2, 0.25) is 0 Å². The van der Waals surface area contributed by atoms with Crippen LogP contribution in [0, 0.1) is 6.92 Å². The van der Waals surface area contributed by atoms with Crippen LogP contribution in [0.4, 0.5) is 5.69 Å². The Hall–Kier alpha value is -5.61. The summed E-state index contributed by atoms with van der Waals surface area (Å²) < 4.78 is 41.3. The number of nitrogens with zero attached hydrogens (tertiary/aromatic N) is 2. The molecule has 0 aromatic heterocycles. The number of amides is 2. The molecule has 5 aromatic rings. The Morgan fingerprint density at radius 1 is 0.745 bits per heavy atom. The van der Waals surface area contributed by atoms with Gasteiger partial charge in [0.25, 0.3) is 10.0 Å². The number of nitrogens with one attached hydrogen (secondary N) is 1. The maximum Gasteiger partial charge on any atom is 0.264 e. The van der Waals surface area contributed by atoms with Gasteiger partial charge >= 0.3 is 0 Å². The SMILES string of the molecule is CCCNC(=O)[C@H](Cc1ccccc1)N(Cc1cccc(OC)c1)C(=O)CN(c1ccc(Oc2ccccc2)cc1)S(=O)(=O)c1ccc(C)cc1. The van der Waals surface area contributed by atoms with Crippen molar-refractivity contribution in [3.05, 3.63) is 150 Å². The van der Waals surface area contributed by atoms with Gasteiger partial charge in [0.15, 0.2) is 0 Å². The first-order chi connectivity index (χ1) is 24.7. The molecule has 0 aliphatic rings. The second kappa shape index (κ2) is 17.4. The zero-order chi connectivity index (χ0) is 36.2. The molecule has 2 amide bonds. The van der Waals surface area contributed by atoms with Crippen molar-refractivity contribution < 1.29 is 27.5 Å². The van der Waals surface area contributed by atoms with E-state index in [1.807, 2.05) is 86.6 Å². The lowest BCUT2D eigenvalue weighted by Crippen LogP contribution is -2.53. The fraction of sp³-hybridized carbons (Fsp3) is 0.220. The maximum atomic E-state index is 14.7. The molecule has 5 aromatic carbocycles. The molecule has 0 heterocycles. The molecule has 9 nitrogen and oxygen atoms in total. The minimum Gasteiger partial charge on any atom is -0.497 e. The van der Waals surface area contributed by atoms with E-state index in [-0.39, 0.29) is 29.5 Å². The summed E-state index contributed by atoms with van der Waals surface area (Å²) in [6.07, 6.45) is 0.933. The molecule has 5 rings (SSSR count). The number of rotatable bonds is 16. The lowest BCUT2D eigenvalue weighted by Gasteiger charge is -2.34. The van der Waals surface area contributed by atoms with Gasteiger partial charge in [0.2, 0.25) is 11.8 Å². The molecule has 0 fully saturated rings. The number of carbonyl (C=O) groups excluding carboxylic acids is 2. The number of ether oxygens (including phenoxy) is 2. The molecule has 0 aliphatic carbocycles. The monoisotopic (exact) mass is 705 g/mol. The van der Waals surface area contributed by atoms with Gasteiger partial charge in [0.1, 0.15) is 29.8 Å². The molecule has 10 heteroatoms. The van der Waals surface area contributed by atoms with Crippen molar-refractivity contribution in [2.24, 2.45) is 0 Å². The van der Waals surface area contributed by atoms with Crippen molar-refractivity contribution in [1.29, 1.82) is 0 Å². The predicted octanol–water partition coefficient (Wildman–Crippen LogP) is 7.16. The topological polar surface area (TPSA) is 105 Å². The molecule has 0 bridgehead atoms. The third kappa shape index (κ3) is 9.76. The lowest BCUT2D eigenvalue weighted by atomic mass is 10.0. The largest absolute Gasteiger partial charge is 0.497 e. The van der Waals surface area contributed by atoms with Crippen molar-refractivity contribution in [1.82, 2.24) is 10.2 Å². The van der Waals surface area contributed by atoms with Crippen LogP contribution in [-0.2, 0) is 32.6 Å². The Bertz CT molecular complexity index is 1990. The Morgan fingerprint density at radius 2 is 1.35 bits per heavy atom. The van der Waals surface area contributed by atoms with Gasteiger partial charge in [0, 0.05) is 19.5 Å². The van der Waals surface area contributed by atoms with Crippen molar-refractivity contribution in [3.63, 3.8) is 0 Å². The first-order valence-electron chi connectivity index (χ1n) is 16.8. The highest BCUT2D eigenvalue weighted by Gasteiger charge is 2.34. The minimum absolute atomic E-state index is 0.0337. The van der Waals surface area contributed by atoms with E-state index in [9.17, 15) is 18.0 Å². The normalized spacial score (nSPS) is 11.7. The number of aryl methyl sites for hydroxylation is 1. The molecular weight excluding hydrogens is 663 g/mol. The summed E-state index contributed by atoms with van der Waals surface area (Å²) in [7, 11) is -2.69. The Morgan fingerprint density at radius 3 is 2.00 bits per heavy atom. The molecular formula is C41H43N3O6S. The third-order valence-electron chi connectivity index (χ3n) is 8.30. The quantitative estimate of drug-likeness (QED) is 0.117. The van der Waals surface area contributed by atoms with Crippen LogP contribution in [0.25, 0.3) is 0 Å². The van der Waals surface area contributed by atoms with E-state index in [1.165, 1.54) is 17.0 Å². The Labute approximate surface area is 300 Å². The van der Waals surface area contributed by atoms with Gasteiger partial charge in [-0.25, -0.2) is 8.42 Å². The third-order valence-corrected chi connectivity index (χ3v) is 10.1. The molecule has 0 radical (unpaired) electrons. The van der Waals surface area contributed by atoms with E-state index < -0.39 is 28.5 Å². The van der Waals surface area contributed by atoms with Crippen molar-refractivity contribution in [2.75, 3.05) is 24.5 Å². The molecule has 1 atom stereocenters. The molecule has 0 aliphatic heterocycles. The summed E-state index contributed by atoms with van der Waals surface area (Å²) in [5, 5.41) is 2.97. The van der Waals surface area contributed by atoms with Gasteiger partial charge in [-0.2, -0.15) is 0 Å². The number of benzene rings is 5. The zero-order valence-electron chi connectivity index (χ0n) is 29.1. The first kappa shape index (κ1) is 36.7. The average molecular weight is 706 g/mol. The molecule has 264 valence electrons. The fourth-order valence-corrected chi connectivity index (χ4v) is 6.97. The zero-order valence-corrected chi connectivity index (χ0v) is 29.9. The van der Waals surface area contributed by atoms with Crippen LogP contribution in [0.1, 0.15) is 30.0 Å². The smallest absolute Gasteiger partial charge is 0.264 e. The Kier molecular flexibility index (Phi) is 12.5. The minimum atomic E-state index is -4.25. The number of carbonyl (C=O) groups is 2. The molecule has 0 saturated carbocycles. The summed E-state index contributed by atoms with van der Waals surface area (Å²) in [6, 6.07) is 38.0. The molecule has 0 unspecified atom stereocenters. The summed E-state index contributed by atoms with van der Waals surface area (Å²) in [4.78, 5) is 30.1. The van der Waals surface area contributed by atoms with E-state index >= 15 is 0 Å². The number of hydrogen-bond acceptors (Lipinski definition) is 6. The number of hydrogen-bond donors (Lipinski definition) is 1. The van der Waals surface area contributed by atoms with Crippen LogP contribution >= 0.6 is 0 Å². The lowest BCUT2D eigenvalue weighted by molar-refractivity contribution is -0.140. The first-order valence-corrected chi connectivity index (χ1v) is 18.3. The second-order valence-electron chi connectivity index (χ2n) is 12.1. The van der Waals surface area contributed by atoms with Crippen LogP contribution in [0.5, 0.6) is 17.2 Å². The number of methoxy groups -OCH3 is 1. The van der Waals surface area contributed by atoms with Crippen LogP contribution in [0.3, 0.4) is 0 Å². The summed E-state index contributed by atoms with van der Waals surface area (Å²) in [5.74, 6) is 0.844. The van der Waals surface area contributed by atoms with E-state index in [0.717, 1.165) is 21.0 Å². The molecule has 0 spiro atoms. The highest BCUT2D eigenvalue weighted by molar-refractivity contribution is 7.92. The predicted molar refractivity (Wildman–Crippen MR) is 199 cm³/mol. The van der Waals surface area contributed by atoms with Gasteiger partial charge in [-0.05, 0) is 85.1 Å². The van der Waals surface area contributed by atoms with E-state index in [0.29, 0.717) is 30.2 Å². The highest BCUT2D eigenvalue weighted by Crippen LogP contribution is 2.29. The summed E-state index contributed by atoms with van der Waals surface area (Å²) in [5.41, 5.74) is 2.74. The van der Waals surface area contributed by atoms with E-state index in [2.05, 4.69) is 5.32 Å². The highest BCUT2D eigenvalue weighted by atomic mass is 32.2. The number of sulfonamides is 1. The van der Waals surface area contributed by atoms with Gasteiger partial charge in [-0.15, -0.1) is 0 Å². The molecule has 1 N–H and O–H groups in total. The van der Waals surface area contributed by atoms with Crippen molar-refractivity contribution in [3.8, 4) is 17.2 Å². The van der Waals surface area contributed by atoms with Gasteiger partial charge < -0.3 is 19.7 Å². The molecule has 0 saturated heterocycles.